The molecule has 174 valence electrons. The molecule has 5 rings (SSSR count). The number of aromatic nitrogens is 4. The van der Waals surface area contributed by atoms with Gasteiger partial charge in [0.15, 0.2) is 5.78 Å². The first kappa shape index (κ1) is 22.0. The summed E-state index contributed by atoms with van der Waals surface area (Å²) in [6.45, 7) is 0.932. The average Bonchev–Trinajstić information content (AvgIpc) is 3.46. The first-order valence-electron chi connectivity index (χ1n) is 11.0. The van der Waals surface area contributed by atoms with Crippen molar-refractivity contribution >= 4 is 5.78 Å². The Morgan fingerprint density at radius 1 is 1.15 bits per heavy atom. The number of benzene rings is 2. The molecule has 0 aliphatic carbocycles. The van der Waals surface area contributed by atoms with Crippen LogP contribution in [0.15, 0.2) is 61.2 Å². The van der Waals surface area contributed by atoms with Gasteiger partial charge in [0.2, 0.25) is 0 Å². The summed E-state index contributed by atoms with van der Waals surface area (Å²) in [7, 11) is 3.44. The second-order valence-electron chi connectivity index (χ2n) is 8.12. The number of imidazole rings is 2. The van der Waals surface area contributed by atoms with Gasteiger partial charge in [-0.1, -0.05) is 6.07 Å². The van der Waals surface area contributed by atoms with Crippen molar-refractivity contribution in [2.75, 3.05) is 14.2 Å². The van der Waals surface area contributed by atoms with E-state index in [1.807, 2.05) is 41.9 Å². The number of hydrogen-bond donors (Lipinski definition) is 2. The number of ether oxygens (including phenoxy) is 1. The fraction of sp³-hybridized carbons (Fsp3) is 0.240. The average molecular weight is 461 g/mol. The third-order valence-electron chi connectivity index (χ3n) is 6.05. The monoisotopic (exact) mass is 460 g/mol. The van der Waals surface area contributed by atoms with E-state index in [0.29, 0.717) is 35.7 Å². The Hall–Kier alpha value is -3.82. The molecule has 8 nitrogen and oxygen atoms in total. The van der Waals surface area contributed by atoms with Crippen LogP contribution in [-0.2, 0) is 13.1 Å². The zero-order valence-corrected chi connectivity index (χ0v) is 19.0. The van der Waals surface area contributed by atoms with Crippen molar-refractivity contribution in [3.63, 3.8) is 0 Å². The molecule has 0 spiro atoms. The highest BCUT2D eigenvalue weighted by atomic mass is 19.1. The number of methoxy groups -OCH3 is 1. The SMILES string of the molecule is CNCc1nccn1-c1ccc(C2CC(=O)c3c(ncn3-c3ccc(OC)cc3)CN2)c(F)c1. The number of nitrogens with zero attached hydrogens (tertiary/aromatic N) is 4. The number of nitrogens with one attached hydrogen (secondary N) is 2. The molecule has 1 aliphatic rings. The summed E-state index contributed by atoms with van der Waals surface area (Å²) in [5, 5.41) is 6.37. The van der Waals surface area contributed by atoms with Crippen molar-refractivity contribution in [2.45, 2.75) is 25.6 Å². The van der Waals surface area contributed by atoms with Crippen LogP contribution < -0.4 is 15.4 Å². The van der Waals surface area contributed by atoms with Gasteiger partial charge in [-0.25, -0.2) is 14.4 Å². The summed E-state index contributed by atoms with van der Waals surface area (Å²) in [6, 6.07) is 12.0. The predicted molar refractivity (Wildman–Crippen MR) is 125 cm³/mol. The van der Waals surface area contributed by atoms with E-state index in [4.69, 9.17) is 4.74 Å². The number of Topliss-reactive ketones (excluding diaryl/α,β-unsaturated/α-hetero) is 1. The number of halogens is 1. The molecular weight excluding hydrogens is 435 g/mol. The minimum Gasteiger partial charge on any atom is -0.497 e. The van der Waals surface area contributed by atoms with E-state index in [0.717, 1.165) is 17.3 Å². The Bertz CT molecular complexity index is 1330. The number of ketones is 1. The van der Waals surface area contributed by atoms with E-state index < -0.39 is 6.04 Å². The molecule has 4 aromatic rings. The van der Waals surface area contributed by atoms with Crippen molar-refractivity contribution in [1.29, 1.82) is 0 Å². The van der Waals surface area contributed by atoms with Crippen LogP contribution in [0.3, 0.4) is 0 Å². The second-order valence-corrected chi connectivity index (χ2v) is 8.12. The van der Waals surface area contributed by atoms with Gasteiger partial charge in [-0.05, 0) is 43.4 Å². The molecule has 3 heterocycles. The normalized spacial score (nSPS) is 15.7. The van der Waals surface area contributed by atoms with E-state index in [-0.39, 0.29) is 18.0 Å². The molecule has 9 heteroatoms. The lowest BCUT2D eigenvalue weighted by Gasteiger charge is -2.18. The first-order valence-corrected chi connectivity index (χ1v) is 11.0. The molecule has 2 N–H and O–H groups in total. The van der Waals surface area contributed by atoms with Crippen LogP contribution in [0, 0.1) is 5.82 Å². The smallest absolute Gasteiger partial charge is 0.183 e. The molecule has 1 aliphatic heterocycles. The second kappa shape index (κ2) is 9.20. The third kappa shape index (κ3) is 4.00. The largest absolute Gasteiger partial charge is 0.497 e. The molecule has 34 heavy (non-hydrogen) atoms. The number of rotatable bonds is 6. The van der Waals surface area contributed by atoms with Crippen LogP contribution in [0.5, 0.6) is 5.75 Å². The summed E-state index contributed by atoms with van der Waals surface area (Å²) < 4.78 is 24.1. The number of carbonyl (C=O) groups excluding carboxylic acids is 1. The Labute approximate surface area is 196 Å². The van der Waals surface area contributed by atoms with Crippen LogP contribution in [0.2, 0.25) is 0 Å². The van der Waals surface area contributed by atoms with Crippen LogP contribution in [0.25, 0.3) is 11.4 Å². The summed E-state index contributed by atoms with van der Waals surface area (Å²) in [4.78, 5) is 22.0. The van der Waals surface area contributed by atoms with Crippen molar-refractivity contribution in [1.82, 2.24) is 29.7 Å². The lowest BCUT2D eigenvalue weighted by molar-refractivity contribution is 0.0966. The first-order chi connectivity index (χ1) is 16.6. The molecular formula is C25H25FN6O2. The maximum absolute atomic E-state index is 15.2. The zero-order valence-electron chi connectivity index (χ0n) is 19.0. The molecule has 2 aromatic heterocycles. The third-order valence-corrected chi connectivity index (χ3v) is 6.05. The summed E-state index contributed by atoms with van der Waals surface area (Å²) >= 11 is 0. The van der Waals surface area contributed by atoms with Gasteiger partial charge in [-0.3, -0.25) is 9.36 Å². The molecule has 1 unspecified atom stereocenters. The molecule has 0 saturated carbocycles. The van der Waals surface area contributed by atoms with E-state index in [9.17, 15) is 4.79 Å². The molecule has 0 saturated heterocycles. The summed E-state index contributed by atoms with van der Waals surface area (Å²) in [5.74, 6) is 1.06. The number of hydrogen-bond acceptors (Lipinski definition) is 6. The van der Waals surface area contributed by atoms with Crippen molar-refractivity contribution in [3.8, 4) is 17.1 Å². The summed E-state index contributed by atoms with van der Waals surface area (Å²) in [6.07, 6.45) is 5.26. The molecule has 0 bridgehead atoms. The van der Waals surface area contributed by atoms with Crippen molar-refractivity contribution in [3.05, 3.63) is 89.8 Å². The van der Waals surface area contributed by atoms with E-state index >= 15 is 4.39 Å². The topological polar surface area (TPSA) is 86.0 Å². The summed E-state index contributed by atoms with van der Waals surface area (Å²) in [5.41, 5.74) is 3.12. The Kier molecular flexibility index (Phi) is 5.95. The number of fused-ring (bicyclic) bond motifs is 1. The van der Waals surface area contributed by atoms with Crippen LogP contribution in [-0.4, -0.2) is 39.0 Å². The fourth-order valence-corrected chi connectivity index (χ4v) is 4.35. The van der Waals surface area contributed by atoms with Gasteiger partial charge in [0.05, 0.1) is 19.3 Å². The molecule has 0 radical (unpaired) electrons. The van der Waals surface area contributed by atoms with Gasteiger partial charge < -0.3 is 19.9 Å². The molecule has 1 atom stereocenters. The van der Waals surface area contributed by atoms with Gasteiger partial charge in [0.1, 0.15) is 29.4 Å². The van der Waals surface area contributed by atoms with E-state index in [2.05, 4.69) is 20.6 Å². The highest BCUT2D eigenvalue weighted by Gasteiger charge is 2.29. The minimum atomic E-state index is -0.459. The van der Waals surface area contributed by atoms with Gasteiger partial charge in [-0.15, -0.1) is 0 Å². The van der Waals surface area contributed by atoms with Crippen LogP contribution in [0.1, 0.15) is 40.0 Å². The zero-order chi connectivity index (χ0) is 23.7. The van der Waals surface area contributed by atoms with Crippen LogP contribution in [0.4, 0.5) is 4.39 Å². The standard InChI is InChI=1S/C25H25FN6O2/c1-27-14-24-28-9-10-31(24)17-5-8-19(20(26)11-17)21-12-23(33)25-22(13-29-21)30-15-32(25)16-3-6-18(34-2)7-4-16/h3-11,15,21,27,29H,12-14H2,1-2H3. The van der Waals surface area contributed by atoms with Crippen molar-refractivity contribution < 1.29 is 13.9 Å². The highest BCUT2D eigenvalue weighted by Crippen LogP contribution is 2.29. The maximum atomic E-state index is 15.2. The molecule has 0 amide bonds. The predicted octanol–water partition coefficient (Wildman–Crippen LogP) is 3.34. The van der Waals surface area contributed by atoms with Crippen LogP contribution >= 0.6 is 0 Å². The Morgan fingerprint density at radius 2 is 1.94 bits per heavy atom. The quantitative estimate of drug-likeness (QED) is 0.459. The Balaban J connectivity index is 1.41. The number of carbonyl (C=O) groups is 1. The van der Waals surface area contributed by atoms with Crippen molar-refractivity contribution in [2.24, 2.45) is 0 Å². The lowest BCUT2D eigenvalue weighted by Crippen LogP contribution is -2.22. The van der Waals surface area contributed by atoms with Gasteiger partial charge in [0, 0.05) is 48.3 Å². The van der Waals surface area contributed by atoms with Gasteiger partial charge in [0.25, 0.3) is 0 Å². The van der Waals surface area contributed by atoms with Gasteiger partial charge >= 0.3 is 0 Å². The fourth-order valence-electron chi connectivity index (χ4n) is 4.35. The molecule has 2 aromatic carbocycles. The Morgan fingerprint density at radius 3 is 2.68 bits per heavy atom. The lowest BCUT2D eigenvalue weighted by atomic mass is 10.00. The maximum Gasteiger partial charge on any atom is 0.183 e. The van der Waals surface area contributed by atoms with E-state index in [1.54, 1.807) is 36.5 Å². The van der Waals surface area contributed by atoms with Gasteiger partial charge in [-0.2, -0.15) is 0 Å². The van der Waals surface area contributed by atoms with E-state index in [1.165, 1.54) is 6.07 Å². The minimum absolute atomic E-state index is 0.0901. The molecule has 0 fully saturated rings. The highest BCUT2D eigenvalue weighted by molar-refractivity contribution is 5.97.